The van der Waals surface area contributed by atoms with Crippen molar-refractivity contribution >= 4 is 26.8 Å². The zero-order chi connectivity index (χ0) is 26.1. The van der Waals surface area contributed by atoms with Crippen LogP contribution in [-0.4, -0.2) is 63.0 Å². The second-order valence-corrected chi connectivity index (χ2v) is 11.6. The largest absolute Gasteiger partial charge is 0.356 e. The first-order chi connectivity index (χ1) is 17.7. The third-order valence-corrected chi connectivity index (χ3v) is 9.32. The Hall–Kier alpha value is -3.64. The van der Waals surface area contributed by atoms with Gasteiger partial charge in [-0.3, -0.25) is 4.79 Å². The smallest absolute Gasteiger partial charge is 0.264 e. The maximum Gasteiger partial charge on any atom is 0.264 e. The SMILES string of the molecule is CCNC(=O)[C@@H]1[C@H]2CN(S(=O)(=O)c3cnn(C)n3)CC21c1cc2cnn(-c3ccc(F)cc3)c2cc1C. The molecule has 2 aliphatic rings. The topological polar surface area (TPSA) is 115 Å². The van der Waals surface area contributed by atoms with Gasteiger partial charge < -0.3 is 5.32 Å². The fraction of sp³-hybridized carbons (Fsp3) is 0.360. The van der Waals surface area contributed by atoms with Crippen molar-refractivity contribution in [1.29, 1.82) is 0 Å². The Morgan fingerprint density at radius 2 is 1.95 bits per heavy atom. The highest BCUT2D eigenvalue weighted by Gasteiger charge is 2.74. The molecule has 2 aromatic carbocycles. The van der Waals surface area contributed by atoms with Crippen LogP contribution in [0.4, 0.5) is 4.39 Å². The van der Waals surface area contributed by atoms with Crippen molar-refractivity contribution in [3.63, 3.8) is 0 Å². The summed E-state index contributed by atoms with van der Waals surface area (Å²) in [5.41, 5.74) is 2.81. The van der Waals surface area contributed by atoms with Gasteiger partial charge in [-0.05, 0) is 67.3 Å². The van der Waals surface area contributed by atoms with Gasteiger partial charge in [-0.1, -0.05) is 0 Å². The van der Waals surface area contributed by atoms with Crippen molar-refractivity contribution in [2.24, 2.45) is 18.9 Å². The Kier molecular flexibility index (Phi) is 5.25. The van der Waals surface area contributed by atoms with E-state index in [2.05, 4.69) is 20.6 Å². The molecule has 1 saturated carbocycles. The number of piperidine rings is 1. The van der Waals surface area contributed by atoms with Crippen LogP contribution in [0.2, 0.25) is 0 Å². The molecule has 1 N–H and O–H groups in total. The number of hydrogen-bond acceptors (Lipinski definition) is 6. The fourth-order valence-corrected chi connectivity index (χ4v) is 7.37. The highest BCUT2D eigenvalue weighted by atomic mass is 32.2. The molecule has 3 heterocycles. The molecule has 1 aliphatic heterocycles. The number of rotatable bonds is 6. The summed E-state index contributed by atoms with van der Waals surface area (Å²) in [5, 5.41) is 16.1. The molecule has 6 rings (SSSR count). The number of aromatic nitrogens is 5. The highest BCUT2D eigenvalue weighted by Crippen LogP contribution is 2.65. The van der Waals surface area contributed by atoms with Crippen LogP contribution in [0.5, 0.6) is 0 Å². The van der Waals surface area contributed by atoms with Crippen LogP contribution in [0.3, 0.4) is 0 Å². The van der Waals surface area contributed by atoms with Gasteiger partial charge in [0, 0.05) is 37.5 Å². The van der Waals surface area contributed by atoms with Gasteiger partial charge in [0.25, 0.3) is 10.0 Å². The minimum absolute atomic E-state index is 0.0643. The Morgan fingerprint density at radius 1 is 1.19 bits per heavy atom. The lowest BCUT2D eigenvalue weighted by Crippen LogP contribution is -2.39. The number of nitrogens with one attached hydrogen (secondary N) is 1. The number of carbonyl (C=O) groups is 1. The first kappa shape index (κ1) is 23.7. The number of sulfonamides is 1. The van der Waals surface area contributed by atoms with Crippen LogP contribution < -0.4 is 5.32 Å². The predicted octanol–water partition coefficient (Wildman–Crippen LogP) is 1.93. The van der Waals surface area contributed by atoms with E-state index in [1.165, 1.54) is 27.4 Å². The molecule has 0 radical (unpaired) electrons. The Morgan fingerprint density at radius 3 is 2.62 bits per heavy atom. The number of fused-ring (bicyclic) bond motifs is 2. The van der Waals surface area contributed by atoms with E-state index in [1.807, 2.05) is 26.0 Å². The molecule has 1 aliphatic carbocycles. The average Bonchev–Trinajstić information content (AvgIpc) is 3.28. The summed E-state index contributed by atoms with van der Waals surface area (Å²) in [5.74, 6) is -0.875. The number of halogens is 1. The van der Waals surface area contributed by atoms with E-state index in [0.717, 1.165) is 27.7 Å². The molecule has 0 spiro atoms. The van der Waals surface area contributed by atoms with Crippen molar-refractivity contribution in [2.75, 3.05) is 19.6 Å². The van der Waals surface area contributed by atoms with E-state index in [-0.39, 0.29) is 41.7 Å². The minimum Gasteiger partial charge on any atom is -0.356 e. The van der Waals surface area contributed by atoms with Crippen LogP contribution in [0.25, 0.3) is 16.6 Å². The van der Waals surface area contributed by atoms with Gasteiger partial charge in [0.1, 0.15) is 5.82 Å². The van der Waals surface area contributed by atoms with Gasteiger partial charge in [-0.2, -0.15) is 19.3 Å². The number of amides is 1. The third kappa shape index (κ3) is 3.50. The predicted molar refractivity (Wildman–Crippen MR) is 133 cm³/mol. The van der Waals surface area contributed by atoms with E-state index < -0.39 is 15.4 Å². The second kappa shape index (κ2) is 8.18. The van der Waals surface area contributed by atoms with Gasteiger partial charge in [0.15, 0.2) is 0 Å². The fourth-order valence-electron chi connectivity index (χ4n) is 5.96. The van der Waals surface area contributed by atoms with Gasteiger partial charge in [-0.15, -0.1) is 5.10 Å². The van der Waals surface area contributed by atoms with Crippen LogP contribution in [0.1, 0.15) is 18.1 Å². The lowest BCUT2D eigenvalue weighted by molar-refractivity contribution is -0.123. The number of aryl methyl sites for hydroxylation is 2. The third-order valence-electron chi connectivity index (χ3n) is 7.65. The van der Waals surface area contributed by atoms with Crippen molar-refractivity contribution in [1.82, 2.24) is 34.4 Å². The first-order valence-corrected chi connectivity index (χ1v) is 13.5. The van der Waals surface area contributed by atoms with Crippen LogP contribution in [-0.2, 0) is 27.3 Å². The van der Waals surface area contributed by atoms with Crippen LogP contribution in [0, 0.1) is 24.6 Å². The molecular weight excluding hydrogens is 497 g/mol. The Balaban J connectivity index is 1.42. The Bertz CT molecular complexity index is 1650. The van der Waals surface area contributed by atoms with Crippen LogP contribution >= 0.6 is 0 Å². The van der Waals surface area contributed by atoms with Gasteiger partial charge in [0.05, 0.1) is 29.5 Å². The van der Waals surface area contributed by atoms with E-state index in [0.29, 0.717) is 6.54 Å². The normalized spacial score (nSPS) is 23.4. The Labute approximate surface area is 213 Å². The van der Waals surface area contributed by atoms with Crippen molar-refractivity contribution in [2.45, 2.75) is 24.3 Å². The summed E-state index contributed by atoms with van der Waals surface area (Å²) >= 11 is 0. The van der Waals surface area contributed by atoms with E-state index in [1.54, 1.807) is 30.1 Å². The van der Waals surface area contributed by atoms with E-state index in [4.69, 9.17) is 0 Å². The first-order valence-electron chi connectivity index (χ1n) is 12.1. The second-order valence-electron chi connectivity index (χ2n) is 9.75. The highest BCUT2D eigenvalue weighted by molar-refractivity contribution is 7.89. The van der Waals surface area contributed by atoms with Crippen molar-refractivity contribution in [3.05, 3.63) is 65.7 Å². The molecule has 12 heteroatoms. The number of hydrogen-bond donors (Lipinski definition) is 1. The maximum atomic E-state index is 13.4. The molecule has 4 aromatic rings. The summed E-state index contributed by atoms with van der Waals surface area (Å²) in [4.78, 5) is 14.3. The summed E-state index contributed by atoms with van der Waals surface area (Å²) < 4.78 is 43.3. The maximum absolute atomic E-state index is 13.4. The molecule has 37 heavy (non-hydrogen) atoms. The summed E-state index contributed by atoms with van der Waals surface area (Å²) in [6.45, 7) is 4.75. The molecule has 1 amide bonds. The van der Waals surface area contributed by atoms with Gasteiger partial charge in [-0.25, -0.2) is 17.5 Å². The molecule has 192 valence electrons. The zero-order valence-corrected chi connectivity index (χ0v) is 21.4. The summed E-state index contributed by atoms with van der Waals surface area (Å²) in [7, 11) is -2.29. The molecule has 1 saturated heterocycles. The summed E-state index contributed by atoms with van der Waals surface area (Å²) in [6, 6.07) is 10.1. The van der Waals surface area contributed by atoms with Gasteiger partial charge >= 0.3 is 0 Å². The van der Waals surface area contributed by atoms with Crippen molar-refractivity contribution < 1.29 is 17.6 Å². The van der Waals surface area contributed by atoms with E-state index >= 15 is 0 Å². The molecule has 10 nitrogen and oxygen atoms in total. The average molecular weight is 524 g/mol. The summed E-state index contributed by atoms with van der Waals surface area (Å²) in [6.07, 6.45) is 2.98. The zero-order valence-electron chi connectivity index (χ0n) is 20.6. The van der Waals surface area contributed by atoms with Crippen LogP contribution in [0.15, 0.2) is 53.8 Å². The lowest BCUT2D eigenvalue weighted by atomic mass is 9.88. The molecular formula is C25H26FN7O3S. The number of nitrogens with zero attached hydrogens (tertiary/aromatic N) is 6. The molecule has 0 bridgehead atoms. The number of carbonyl (C=O) groups excluding carboxylic acids is 1. The standard InChI is InChI=1S/C25H26FN7O3S/c1-4-27-24(34)23-20-13-32(37(35,36)22-12-28-31(3)30-22)14-25(20,23)19-10-16-11-29-33(21(16)9-15(19)2)18-7-5-17(26)6-8-18/h5-12,20,23H,4,13-14H2,1-3H3,(H,27,34)/t20-,23+,25?/m1/s1. The molecule has 2 fully saturated rings. The number of benzene rings is 2. The molecule has 2 aromatic heterocycles. The van der Waals surface area contributed by atoms with Crippen molar-refractivity contribution in [3.8, 4) is 5.69 Å². The molecule has 3 atom stereocenters. The molecule has 1 unspecified atom stereocenters. The lowest BCUT2D eigenvalue weighted by Gasteiger charge is -2.24. The van der Waals surface area contributed by atoms with E-state index in [9.17, 15) is 17.6 Å². The van der Waals surface area contributed by atoms with Gasteiger partial charge in [0.2, 0.25) is 10.9 Å². The minimum atomic E-state index is -3.86. The monoisotopic (exact) mass is 523 g/mol. The quantitative estimate of drug-likeness (QED) is 0.413.